The van der Waals surface area contributed by atoms with Crippen molar-refractivity contribution >= 4 is 23.5 Å². The van der Waals surface area contributed by atoms with Crippen LogP contribution in [0.15, 0.2) is 24.3 Å². The topological polar surface area (TPSA) is 83.5 Å². The quantitative estimate of drug-likeness (QED) is 0.589. The van der Waals surface area contributed by atoms with Gasteiger partial charge in [-0.2, -0.15) is 0 Å². The second kappa shape index (κ2) is 7.20. The Morgan fingerprint density at radius 2 is 1.82 bits per heavy atom. The molecule has 0 aliphatic carbocycles. The second-order valence-electron chi connectivity index (χ2n) is 8.23. The molecule has 7 nitrogen and oxygen atoms in total. The van der Waals surface area contributed by atoms with E-state index in [9.17, 15) is 14.4 Å². The van der Waals surface area contributed by atoms with Crippen LogP contribution in [0.3, 0.4) is 0 Å². The van der Waals surface area contributed by atoms with Gasteiger partial charge in [0.25, 0.3) is 0 Å². The fourth-order valence-electron chi connectivity index (χ4n) is 4.74. The van der Waals surface area contributed by atoms with Crippen LogP contribution in [-0.2, 0) is 19.1 Å². The lowest BCUT2D eigenvalue weighted by Crippen LogP contribution is -2.99. The first-order valence-corrected chi connectivity index (χ1v) is 9.78. The lowest BCUT2D eigenvalue weighted by atomic mass is 9.73. The zero-order valence-electron chi connectivity index (χ0n) is 17.4. The molecule has 7 heteroatoms. The molecule has 0 bridgehead atoms. The third-order valence-electron chi connectivity index (χ3n) is 6.31. The molecule has 152 valence electrons. The minimum absolute atomic E-state index is 0.173. The molecule has 2 aliphatic rings. The van der Waals surface area contributed by atoms with E-state index in [4.69, 9.17) is 4.74 Å². The van der Waals surface area contributed by atoms with Crippen LogP contribution in [0.5, 0.6) is 0 Å². The zero-order valence-corrected chi connectivity index (χ0v) is 17.4. The van der Waals surface area contributed by atoms with Crippen molar-refractivity contribution < 1.29 is 24.4 Å². The Hall–Kier alpha value is -2.41. The first kappa shape index (κ1) is 20.3. The van der Waals surface area contributed by atoms with Gasteiger partial charge in [0.15, 0.2) is 0 Å². The van der Waals surface area contributed by atoms with Gasteiger partial charge in [0.1, 0.15) is 17.9 Å². The van der Waals surface area contributed by atoms with Gasteiger partial charge in [-0.25, -0.2) is 4.79 Å². The molecule has 1 aromatic carbocycles. The van der Waals surface area contributed by atoms with Gasteiger partial charge < -0.3 is 15.0 Å². The molecule has 0 spiro atoms. The number of carbonyl (C=O) groups is 3. The Morgan fingerprint density at radius 1 is 1.21 bits per heavy atom. The molecule has 3 rings (SSSR count). The summed E-state index contributed by atoms with van der Waals surface area (Å²) >= 11 is 0. The van der Waals surface area contributed by atoms with E-state index in [1.54, 1.807) is 6.92 Å². The molecule has 2 amide bonds. The summed E-state index contributed by atoms with van der Waals surface area (Å²) in [6.45, 7) is 5.82. The van der Waals surface area contributed by atoms with Gasteiger partial charge in [0, 0.05) is 38.3 Å². The van der Waals surface area contributed by atoms with Crippen LogP contribution in [0.4, 0.5) is 5.69 Å². The first-order valence-electron chi connectivity index (χ1n) is 9.78. The number of esters is 1. The number of likely N-dealkylation sites (tertiary alicyclic amines) is 1. The van der Waals surface area contributed by atoms with Crippen molar-refractivity contribution in [2.45, 2.75) is 32.4 Å². The molecule has 0 saturated carbocycles. The fourth-order valence-corrected chi connectivity index (χ4v) is 4.74. The molecule has 0 unspecified atom stereocenters. The fraction of sp³-hybridized carbons (Fsp3) is 0.571. The summed E-state index contributed by atoms with van der Waals surface area (Å²) < 4.78 is 5.39. The van der Waals surface area contributed by atoms with E-state index in [-0.39, 0.29) is 30.4 Å². The first-order chi connectivity index (χ1) is 13.2. The van der Waals surface area contributed by atoms with Crippen LogP contribution >= 0.6 is 0 Å². The maximum Gasteiger partial charge on any atom is 0.369 e. The van der Waals surface area contributed by atoms with Crippen molar-refractivity contribution in [3.63, 3.8) is 0 Å². The minimum Gasteiger partial charge on any atom is -0.461 e. The maximum absolute atomic E-state index is 13.1. The molecule has 0 aromatic heterocycles. The average molecular weight is 388 g/mol. The van der Waals surface area contributed by atoms with Crippen LogP contribution in [-0.4, -0.2) is 56.0 Å². The summed E-state index contributed by atoms with van der Waals surface area (Å²) in [7, 11) is 5.43. The number of nitrogens with two attached hydrogens (primary N) is 1. The highest BCUT2D eigenvalue weighted by Gasteiger charge is 2.73. The zero-order chi connectivity index (χ0) is 20.8. The van der Waals surface area contributed by atoms with Gasteiger partial charge in [0.05, 0.1) is 6.61 Å². The van der Waals surface area contributed by atoms with Crippen LogP contribution in [0.25, 0.3) is 0 Å². The third-order valence-corrected chi connectivity index (χ3v) is 6.31. The SMILES string of the molecule is CCOC(=O)[C@]1(C(C)C)[NH2+][C@@H](c2ccc(N(C)C)cc2)[C@H]2C(=O)N(C)C(=O)[C@@H]21. The van der Waals surface area contributed by atoms with E-state index in [1.807, 2.05) is 62.4 Å². The number of rotatable bonds is 5. The highest BCUT2D eigenvalue weighted by atomic mass is 16.5. The average Bonchev–Trinajstić information content (AvgIpc) is 3.13. The van der Waals surface area contributed by atoms with E-state index in [0.29, 0.717) is 0 Å². The molecule has 4 atom stereocenters. The molecule has 2 saturated heterocycles. The summed E-state index contributed by atoms with van der Waals surface area (Å²) in [6, 6.07) is 7.62. The van der Waals surface area contributed by atoms with Crippen molar-refractivity contribution in [2.24, 2.45) is 17.8 Å². The van der Waals surface area contributed by atoms with Gasteiger partial charge in [0.2, 0.25) is 17.4 Å². The van der Waals surface area contributed by atoms with Gasteiger partial charge in [-0.3, -0.25) is 14.5 Å². The number of benzene rings is 1. The van der Waals surface area contributed by atoms with Gasteiger partial charge >= 0.3 is 5.97 Å². The molecular weight excluding hydrogens is 358 g/mol. The number of quaternary nitrogens is 1. The monoisotopic (exact) mass is 388 g/mol. The summed E-state index contributed by atoms with van der Waals surface area (Å²) in [6.07, 6.45) is 0. The van der Waals surface area contributed by atoms with Crippen LogP contribution < -0.4 is 10.2 Å². The minimum atomic E-state index is -1.11. The van der Waals surface area contributed by atoms with Crippen molar-refractivity contribution in [3.05, 3.63) is 29.8 Å². The largest absolute Gasteiger partial charge is 0.461 e. The second-order valence-corrected chi connectivity index (χ2v) is 8.23. The lowest BCUT2D eigenvalue weighted by Gasteiger charge is -2.32. The highest BCUT2D eigenvalue weighted by Crippen LogP contribution is 2.46. The van der Waals surface area contributed by atoms with Crippen molar-refractivity contribution in [1.29, 1.82) is 0 Å². The summed E-state index contributed by atoms with van der Waals surface area (Å²) in [5.74, 6) is -2.39. The molecule has 2 heterocycles. The molecule has 2 fully saturated rings. The van der Waals surface area contributed by atoms with E-state index in [2.05, 4.69) is 0 Å². The van der Waals surface area contributed by atoms with E-state index in [0.717, 1.165) is 11.3 Å². The van der Waals surface area contributed by atoms with Crippen molar-refractivity contribution in [3.8, 4) is 0 Å². The normalized spacial score (nSPS) is 29.4. The number of ether oxygens (including phenoxy) is 1. The number of anilines is 1. The number of fused-ring (bicyclic) bond motifs is 1. The number of imide groups is 1. The number of carbonyl (C=O) groups excluding carboxylic acids is 3. The number of hydrogen-bond acceptors (Lipinski definition) is 5. The summed E-state index contributed by atoms with van der Waals surface area (Å²) in [4.78, 5) is 42.3. The van der Waals surface area contributed by atoms with E-state index < -0.39 is 23.3 Å². The smallest absolute Gasteiger partial charge is 0.369 e. The predicted octanol–water partition coefficient (Wildman–Crippen LogP) is 0.560. The van der Waals surface area contributed by atoms with Crippen LogP contribution in [0, 0.1) is 17.8 Å². The Morgan fingerprint density at radius 3 is 2.32 bits per heavy atom. The van der Waals surface area contributed by atoms with Crippen LogP contribution in [0.2, 0.25) is 0 Å². The van der Waals surface area contributed by atoms with Crippen molar-refractivity contribution in [2.75, 3.05) is 32.6 Å². The number of nitrogens with zero attached hydrogens (tertiary/aromatic N) is 2. The Kier molecular flexibility index (Phi) is 5.23. The standard InChI is InChI=1S/C21H29N3O4/c1-7-28-20(27)21(12(2)3)16-15(18(25)24(6)19(16)26)17(22-21)13-8-10-14(11-9-13)23(4)5/h8-12,15-17,22H,7H2,1-6H3/p+1/t15-,16+,17-,21+/m0/s1. The predicted molar refractivity (Wildman–Crippen MR) is 104 cm³/mol. The molecule has 2 aliphatic heterocycles. The van der Waals surface area contributed by atoms with E-state index >= 15 is 0 Å². The maximum atomic E-state index is 13.1. The van der Waals surface area contributed by atoms with Gasteiger partial charge in [-0.15, -0.1) is 0 Å². The molecule has 28 heavy (non-hydrogen) atoms. The van der Waals surface area contributed by atoms with Crippen molar-refractivity contribution in [1.82, 2.24) is 4.90 Å². The molecule has 2 N–H and O–H groups in total. The van der Waals surface area contributed by atoms with E-state index in [1.165, 1.54) is 11.9 Å². The molecule has 0 radical (unpaired) electrons. The Bertz CT molecular complexity index is 789. The van der Waals surface area contributed by atoms with Crippen LogP contribution in [0.1, 0.15) is 32.4 Å². The molecular formula is C21H30N3O4+. The molecule has 1 aromatic rings. The summed E-state index contributed by atoms with van der Waals surface area (Å²) in [5.41, 5.74) is 0.872. The number of hydrogen-bond donors (Lipinski definition) is 1. The number of amides is 2. The third kappa shape index (κ3) is 2.80. The summed E-state index contributed by atoms with van der Waals surface area (Å²) in [5, 5.41) is 1.92. The highest BCUT2D eigenvalue weighted by molar-refractivity contribution is 6.08. The lowest BCUT2D eigenvalue weighted by molar-refractivity contribution is -0.740. The Balaban J connectivity index is 2.11. The van der Waals surface area contributed by atoms with Gasteiger partial charge in [-0.05, 0) is 19.1 Å². The van der Waals surface area contributed by atoms with Gasteiger partial charge in [-0.1, -0.05) is 26.0 Å². The Labute approximate surface area is 166 Å².